The number of allylic oxidation sites excluding steroid dienone is 1. The van der Waals surface area contributed by atoms with Crippen molar-refractivity contribution in [3.05, 3.63) is 35.0 Å². The molecule has 4 nitrogen and oxygen atoms in total. The summed E-state index contributed by atoms with van der Waals surface area (Å²) >= 11 is 0. The molecular formula is C11H9N3O. The molecule has 1 N–H and O–H groups in total. The van der Waals surface area contributed by atoms with Gasteiger partial charge in [-0.05, 0) is 11.3 Å². The molecule has 3 heterocycles. The third-order valence-electron chi connectivity index (χ3n) is 2.47. The number of hydrogen-bond donors (Lipinski definition) is 1. The molecule has 1 aromatic rings. The Bertz CT molecular complexity index is 586. The average Bonchev–Trinajstić information content (AvgIpc) is 2.61. The average molecular weight is 199 g/mol. The summed E-state index contributed by atoms with van der Waals surface area (Å²) in [7, 11) is 0. The summed E-state index contributed by atoms with van der Waals surface area (Å²) in [6, 6.07) is 1.64. The van der Waals surface area contributed by atoms with E-state index in [0.717, 1.165) is 22.8 Å². The summed E-state index contributed by atoms with van der Waals surface area (Å²) in [4.78, 5) is 10.2. The van der Waals surface area contributed by atoms with Gasteiger partial charge in [-0.3, -0.25) is 0 Å². The van der Waals surface area contributed by atoms with Crippen LogP contribution in [0.25, 0.3) is 11.9 Å². The van der Waals surface area contributed by atoms with Crippen molar-refractivity contribution < 1.29 is 5.11 Å². The zero-order valence-corrected chi connectivity index (χ0v) is 7.96. The van der Waals surface area contributed by atoms with Crippen molar-refractivity contribution in [2.24, 2.45) is 4.99 Å². The molecule has 2 aliphatic heterocycles. The van der Waals surface area contributed by atoms with Crippen LogP contribution in [-0.2, 0) is 0 Å². The Morgan fingerprint density at radius 3 is 3.27 bits per heavy atom. The second-order valence-corrected chi connectivity index (χ2v) is 3.43. The first-order valence-corrected chi connectivity index (χ1v) is 4.71. The van der Waals surface area contributed by atoms with E-state index < -0.39 is 0 Å². The second kappa shape index (κ2) is 2.95. The molecular weight excluding hydrogens is 190 g/mol. The number of aromatic hydroxyl groups is 1. The van der Waals surface area contributed by atoms with Crippen LogP contribution in [-0.4, -0.2) is 27.7 Å². The van der Waals surface area contributed by atoms with Crippen LogP contribution in [0.15, 0.2) is 29.5 Å². The molecule has 4 heteroatoms. The minimum absolute atomic E-state index is 0.0365. The monoisotopic (exact) mass is 199 g/mol. The van der Waals surface area contributed by atoms with Crippen molar-refractivity contribution in [1.82, 2.24) is 9.88 Å². The van der Waals surface area contributed by atoms with Gasteiger partial charge in [0.2, 0.25) is 5.88 Å². The van der Waals surface area contributed by atoms with Gasteiger partial charge in [0.1, 0.15) is 5.82 Å². The van der Waals surface area contributed by atoms with E-state index in [2.05, 4.69) is 9.98 Å². The maximum Gasteiger partial charge on any atom is 0.211 e. The highest BCUT2D eigenvalue weighted by atomic mass is 16.3. The van der Waals surface area contributed by atoms with Crippen LogP contribution in [0.4, 0.5) is 0 Å². The Labute approximate surface area is 86.2 Å². The molecule has 0 radical (unpaired) electrons. The Balaban J connectivity index is 2.43. The van der Waals surface area contributed by atoms with Gasteiger partial charge in [0, 0.05) is 29.9 Å². The first kappa shape index (κ1) is 8.23. The third kappa shape index (κ3) is 1.22. The van der Waals surface area contributed by atoms with E-state index in [-0.39, 0.29) is 5.88 Å². The van der Waals surface area contributed by atoms with E-state index in [1.54, 1.807) is 12.3 Å². The van der Waals surface area contributed by atoms with E-state index in [1.165, 1.54) is 0 Å². The number of fused-ring (bicyclic) bond motifs is 2. The fourth-order valence-electron chi connectivity index (χ4n) is 1.77. The normalized spacial score (nSPS) is 17.1. The van der Waals surface area contributed by atoms with Crippen LogP contribution >= 0.6 is 0 Å². The Kier molecular flexibility index (Phi) is 1.62. The highest BCUT2D eigenvalue weighted by Crippen LogP contribution is 2.11. The largest absolute Gasteiger partial charge is 0.493 e. The number of hydrogen-bond acceptors (Lipinski definition) is 4. The SMILES string of the molecule is Oc1cc2c(cn1)=C1N=CCN1C=CC=2. The predicted molar refractivity (Wildman–Crippen MR) is 57.4 cm³/mol. The Morgan fingerprint density at radius 1 is 1.40 bits per heavy atom. The van der Waals surface area contributed by atoms with Crippen LogP contribution in [0.5, 0.6) is 5.88 Å². The molecule has 0 aliphatic carbocycles. The molecule has 15 heavy (non-hydrogen) atoms. The quantitative estimate of drug-likeness (QED) is 0.615. The van der Waals surface area contributed by atoms with Crippen molar-refractivity contribution in [3.8, 4) is 5.88 Å². The van der Waals surface area contributed by atoms with E-state index in [0.29, 0.717) is 0 Å². The fraction of sp³-hybridized carbons (Fsp3) is 0.0909. The van der Waals surface area contributed by atoms with Gasteiger partial charge in [-0.1, -0.05) is 6.08 Å². The zero-order valence-electron chi connectivity index (χ0n) is 7.96. The number of aromatic nitrogens is 1. The Hall–Kier alpha value is -2.10. The molecule has 0 spiro atoms. The van der Waals surface area contributed by atoms with Crippen molar-refractivity contribution >= 4 is 18.1 Å². The number of aliphatic imine (C=N–C) groups is 1. The summed E-state index contributed by atoms with van der Waals surface area (Å²) < 4.78 is 0. The van der Waals surface area contributed by atoms with Gasteiger partial charge in [-0.2, -0.15) is 0 Å². The van der Waals surface area contributed by atoms with Gasteiger partial charge in [0.05, 0.1) is 6.54 Å². The fourth-order valence-corrected chi connectivity index (χ4v) is 1.77. The van der Waals surface area contributed by atoms with Crippen LogP contribution in [0, 0.1) is 0 Å². The van der Waals surface area contributed by atoms with Gasteiger partial charge in [0.25, 0.3) is 0 Å². The third-order valence-corrected chi connectivity index (χ3v) is 2.47. The van der Waals surface area contributed by atoms with E-state index in [9.17, 15) is 5.11 Å². The van der Waals surface area contributed by atoms with Crippen molar-refractivity contribution in [2.75, 3.05) is 6.54 Å². The lowest BCUT2D eigenvalue weighted by molar-refractivity contribution is 0.452. The molecule has 0 atom stereocenters. The molecule has 0 fully saturated rings. The maximum atomic E-state index is 9.30. The first-order valence-electron chi connectivity index (χ1n) is 4.71. The summed E-state index contributed by atoms with van der Waals surface area (Å²) in [6.45, 7) is 0.792. The van der Waals surface area contributed by atoms with Crippen molar-refractivity contribution in [1.29, 1.82) is 0 Å². The van der Waals surface area contributed by atoms with E-state index in [1.807, 2.05) is 29.5 Å². The number of pyridine rings is 1. The van der Waals surface area contributed by atoms with Gasteiger partial charge >= 0.3 is 0 Å². The summed E-state index contributed by atoms with van der Waals surface area (Å²) in [5.41, 5.74) is 0. The smallest absolute Gasteiger partial charge is 0.211 e. The van der Waals surface area contributed by atoms with Crippen molar-refractivity contribution in [2.45, 2.75) is 0 Å². The summed E-state index contributed by atoms with van der Waals surface area (Å²) in [5.74, 6) is 0.928. The lowest BCUT2D eigenvalue weighted by Crippen LogP contribution is -2.29. The minimum atomic E-state index is 0.0365. The number of nitrogens with zero attached hydrogens (tertiary/aromatic N) is 3. The summed E-state index contributed by atoms with van der Waals surface area (Å²) in [6.07, 6.45) is 9.37. The Morgan fingerprint density at radius 2 is 2.33 bits per heavy atom. The van der Waals surface area contributed by atoms with Gasteiger partial charge in [-0.25, -0.2) is 9.98 Å². The van der Waals surface area contributed by atoms with Crippen LogP contribution < -0.4 is 10.4 Å². The topological polar surface area (TPSA) is 48.7 Å². The molecule has 0 saturated carbocycles. The first-order chi connectivity index (χ1) is 7.34. The lowest BCUT2D eigenvalue weighted by atomic mass is 10.3. The van der Waals surface area contributed by atoms with Crippen molar-refractivity contribution in [3.63, 3.8) is 0 Å². The standard InChI is InChI=1S/C11H9N3O/c15-10-6-8-2-1-4-14-5-3-12-11(14)9(8)7-13-10/h1-4,6-7,15H,5H2. The van der Waals surface area contributed by atoms with Crippen LogP contribution in [0.3, 0.4) is 0 Å². The molecule has 0 unspecified atom stereocenters. The molecule has 3 rings (SSSR count). The highest BCUT2D eigenvalue weighted by Gasteiger charge is 2.12. The molecule has 0 saturated heterocycles. The minimum Gasteiger partial charge on any atom is -0.493 e. The van der Waals surface area contributed by atoms with E-state index in [4.69, 9.17) is 0 Å². The molecule has 0 amide bonds. The predicted octanol–water partition coefficient (Wildman–Crippen LogP) is -0.453. The zero-order chi connectivity index (χ0) is 10.3. The molecule has 2 aliphatic rings. The van der Waals surface area contributed by atoms with Crippen LogP contribution in [0.2, 0.25) is 0 Å². The van der Waals surface area contributed by atoms with Gasteiger partial charge < -0.3 is 10.0 Å². The molecule has 0 bridgehead atoms. The maximum absolute atomic E-state index is 9.30. The number of rotatable bonds is 0. The van der Waals surface area contributed by atoms with Crippen LogP contribution in [0.1, 0.15) is 0 Å². The second-order valence-electron chi connectivity index (χ2n) is 3.43. The lowest BCUT2D eigenvalue weighted by Gasteiger charge is -2.10. The molecule has 1 aromatic heterocycles. The molecule has 74 valence electrons. The van der Waals surface area contributed by atoms with Gasteiger partial charge in [0.15, 0.2) is 0 Å². The highest BCUT2D eigenvalue weighted by molar-refractivity contribution is 5.74. The van der Waals surface area contributed by atoms with Gasteiger partial charge in [-0.15, -0.1) is 0 Å². The molecule has 0 aromatic carbocycles. The van der Waals surface area contributed by atoms with E-state index >= 15 is 0 Å². The summed E-state index contributed by atoms with van der Waals surface area (Å²) in [5, 5.41) is 11.2.